The van der Waals surface area contributed by atoms with Crippen molar-refractivity contribution < 1.29 is 12.9 Å². The molecule has 2 aromatic rings. The van der Waals surface area contributed by atoms with Crippen LogP contribution in [0.1, 0.15) is 19.1 Å². The maximum absolute atomic E-state index is 11.9. The molecule has 0 aliphatic rings. The molecule has 0 aliphatic heterocycles. The lowest BCUT2D eigenvalue weighted by atomic mass is 10.3. The number of anilines is 1. The average molecular weight is 295 g/mol. The lowest BCUT2D eigenvalue weighted by Crippen LogP contribution is -2.24. The summed E-state index contributed by atoms with van der Waals surface area (Å²) in [6.07, 6.45) is 2.34. The maximum Gasteiger partial charge on any atom is 0.240 e. The molecule has 0 spiro atoms. The fraction of sp³-hybridized carbons (Fsp3) is 0.308. The third-order valence-electron chi connectivity index (χ3n) is 2.66. The van der Waals surface area contributed by atoms with Gasteiger partial charge in [0.05, 0.1) is 17.6 Å². The van der Waals surface area contributed by atoms with Crippen LogP contribution in [-0.4, -0.2) is 20.1 Å². The number of nitrogens with one attached hydrogen (secondary N) is 2. The second kappa shape index (κ2) is 6.53. The van der Waals surface area contributed by atoms with Crippen molar-refractivity contribution in [3.63, 3.8) is 0 Å². The molecule has 1 aromatic heterocycles. The van der Waals surface area contributed by atoms with Gasteiger partial charge in [-0.2, -0.15) is 0 Å². The van der Waals surface area contributed by atoms with Gasteiger partial charge in [-0.25, -0.2) is 13.1 Å². The van der Waals surface area contributed by atoms with E-state index in [2.05, 4.69) is 15.2 Å². The van der Waals surface area contributed by atoms with Gasteiger partial charge < -0.3 is 9.84 Å². The van der Waals surface area contributed by atoms with Gasteiger partial charge in [0.15, 0.2) is 5.76 Å². The molecule has 0 radical (unpaired) electrons. The summed E-state index contributed by atoms with van der Waals surface area (Å²) in [4.78, 5) is 0.260. The maximum atomic E-state index is 11.9. The van der Waals surface area contributed by atoms with Gasteiger partial charge in [-0.15, -0.1) is 0 Å². The van der Waals surface area contributed by atoms with Gasteiger partial charge >= 0.3 is 0 Å². The highest BCUT2D eigenvalue weighted by Crippen LogP contribution is 2.14. The molecule has 1 aromatic carbocycles. The topological polar surface area (TPSA) is 84.2 Å². The molecule has 108 valence electrons. The molecule has 0 fully saturated rings. The van der Waals surface area contributed by atoms with Crippen molar-refractivity contribution in [2.75, 3.05) is 11.9 Å². The standard InChI is InChI=1S/C13H17N3O3S/c1-2-8-16-20(17,18)13-5-3-11(4-6-13)14-10-12-7-9-15-19-12/h3-7,9,14,16H,2,8,10H2,1H3. The number of hydrogen-bond acceptors (Lipinski definition) is 5. The van der Waals surface area contributed by atoms with E-state index in [1.807, 2.05) is 6.92 Å². The number of rotatable bonds is 7. The highest BCUT2D eigenvalue weighted by atomic mass is 32.2. The fourth-order valence-corrected chi connectivity index (χ4v) is 2.73. The van der Waals surface area contributed by atoms with Gasteiger partial charge in [-0.3, -0.25) is 0 Å². The summed E-state index contributed by atoms with van der Waals surface area (Å²) in [7, 11) is -3.40. The number of aromatic nitrogens is 1. The van der Waals surface area contributed by atoms with Crippen LogP contribution in [0.25, 0.3) is 0 Å². The smallest absolute Gasteiger partial charge is 0.240 e. The molecule has 6 nitrogen and oxygen atoms in total. The molecule has 0 amide bonds. The fourth-order valence-electron chi connectivity index (χ4n) is 1.59. The summed E-state index contributed by atoms with van der Waals surface area (Å²) in [5, 5.41) is 6.73. The zero-order chi connectivity index (χ0) is 14.4. The number of sulfonamides is 1. The van der Waals surface area contributed by atoms with E-state index in [-0.39, 0.29) is 4.90 Å². The van der Waals surface area contributed by atoms with E-state index in [0.717, 1.165) is 12.1 Å². The number of nitrogens with zero attached hydrogens (tertiary/aromatic N) is 1. The zero-order valence-corrected chi connectivity index (χ0v) is 12.0. The Balaban J connectivity index is 1.99. The molecule has 1 heterocycles. The molecule has 0 unspecified atom stereocenters. The molecular weight excluding hydrogens is 278 g/mol. The Kier molecular flexibility index (Phi) is 4.75. The van der Waals surface area contributed by atoms with Crippen molar-refractivity contribution in [2.24, 2.45) is 0 Å². The van der Waals surface area contributed by atoms with E-state index in [0.29, 0.717) is 18.8 Å². The number of hydrogen-bond donors (Lipinski definition) is 2. The van der Waals surface area contributed by atoms with Gasteiger partial charge in [0, 0.05) is 18.3 Å². The van der Waals surface area contributed by atoms with Crippen LogP contribution in [0.15, 0.2) is 45.9 Å². The van der Waals surface area contributed by atoms with Crippen molar-refractivity contribution >= 4 is 15.7 Å². The quantitative estimate of drug-likeness (QED) is 0.816. The van der Waals surface area contributed by atoms with Gasteiger partial charge in [0.2, 0.25) is 10.0 Å². The van der Waals surface area contributed by atoms with Crippen molar-refractivity contribution in [1.29, 1.82) is 0 Å². The largest absolute Gasteiger partial charge is 0.378 e. The van der Waals surface area contributed by atoms with Crippen LogP contribution >= 0.6 is 0 Å². The van der Waals surface area contributed by atoms with Gasteiger partial charge in [-0.1, -0.05) is 12.1 Å². The average Bonchev–Trinajstić information content (AvgIpc) is 2.97. The minimum absolute atomic E-state index is 0.260. The lowest BCUT2D eigenvalue weighted by Gasteiger charge is -2.07. The second-order valence-electron chi connectivity index (χ2n) is 4.25. The first-order valence-electron chi connectivity index (χ1n) is 6.35. The van der Waals surface area contributed by atoms with E-state index in [4.69, 9.17) is 4.52 Å². The Labute approximate surface area is 118 Å². The summed E-state index contributed by atoms with van der Waals surface area (Å²) < 4.78 is 31.3. The van der Waals surface area contributed by atoms with E-state index >= 15 is 0 Å². The van der Waals surface area contributed by atoms with Crippen LogP contribution in [0.2, 0.25) is 0 Å². The Hall–Kier alpha value is -1.86. The molecule has 20 heavy (non-hydrogen) atoms. The summed E-state index contributed by atoms with van der Waals surface area (Å²) in [6, 6.07) is 8.34. The monoisotopic (exact) mass is 295 g/mol. The highest BCUT2D eigenvalue weighted by Gasteiger charge is 2.12. The van der Waals surface area contributed by atoms with Crippen molar-refractivity contribution in [1.82, 2.24) is 9.88 Å². The van der Waals surface area contributed by atoms with Crippen LogP contribution in [0.5, 0.6) is 0 Å². The molecule has 0 atom stereocenters. The second-order valence-corrected chi connectivity index (χ2v) is 6.02. The minimum atomic E-state index is -3.40. The molecule has 7 heteroatoms. The molecular formula is C13H17N3O3S. The molecule has 0 saturated heterocycles. The first kappa shape index (κ1) is 14.5. The molecule has 0 bridgehead atoms. The lowest BCUT2D eigenvalue weighted by molar-refractivity contribution is 0.388. The van der Waals surface area contributed by atoms with E-state index < -0.39 is 10.0 Å². The Morgan fingerprint density at radius 2 is 1.95 bits per heavy atom. The molecule has 2 N–H and O–H groups in total. The third-order valence-corrected chi connectivity index (χ3v) is 4.14. The third kappa shape index (κ3) is 3.82. The van der Waals surface area contributed by atoms with Crippen molar-refractivity contribution in [2.45, 2.75) is 24.8 Å². The SMILES string of the molecule is CCCNS(=O)(=O)c1ccc(NCc2ccno2)cc1. The van der Waals surface area contributed by atoms with Crippen LogP contribution < -0.4 is 10.0 Å². The number of benzene rings is 1. The van der Waals surface area contributed by atoms with E-state index in [9.17, 15) is 8.42 Å². The molecule has 0 aliphatic carbocycles. The van der Waals surface area contributed by atoms with Crippen LogP contribution in [0.3, 0.4) is 0 Å². The first-order valence-corrected chi connectivity index (χ1v) is 7.83. The Morgan fingerprint density at radius 3 is 2.55 bits per heavy atom. The van der Waals surface area contributed by atoms with Gasteiger partial charge in [0.1, 0.15) is 0 Å². The van der Waals surface area contributed by atoms with Crippen molar-refractivity contribution in [3.05, 3.63) is 42.3 Å². The summed E-state index contributed by atoms with van der Waals surface area (Å²) in [5.74, 6) is 0.714. The summed E-state index contributed by atoms with van der Waals surface area (Å²) in [6.45, 7) is 2.85. The van der Waals surface area contributed by atoms with Crippen molar-refractivity contribution in [3.8, 4) is 0 Å². The van der Waals surface area contributed by atoms with E-state index in [1.165, 1.54) is 0 Å². The predicted octanol–water partition coefficient (Wildman–Crippen LogP) is 1.98. The Bertz CT molecular complexity index is 621. The molecule has 2 rings (SSSR count). The van der Waals surface area contributed by atoms with Gasteiger partial charge in [-0.05, 0) is 30.7 Å². The summed E-state index contributed by atoms with van der Waals surface area (Å²) in [5.41, 5.74) is 0.816. The highest BCUT2D eigenvalue weighted by molar-refractivity contribution is 7.89. The van der Waals surface area contributed by atoms with Crippen LogP contribution in [0, 0.1) is 0 Å². The van der Waals surface area contributed by atoms with E-state index in [1.54, 1.807) is 36.5 Å². The van der Waals surface area contributed by atoms with Gasteiger partial charge in [0.25, 0.3) is 0 Å². The zero-order valence-electron chi connectivity index (χ0n) is 11.2. The van der Waals surface area contributed by atoms with Crippen LogP contribution in [-0.2, 0) is 16.6 Å². The first-order chi connectivity index (χ1) is 9.62. The normalized spacial score (nSPS) is 11.4. The summed E-state index contributed by atoms with van der Waals surface area (Å²) >= 11 is 0. The predicted molar refractivity (Wildman–Crippen MR) is 75.8 cm³/mol. The minimum Gasteiger partial charge on any atom is -0.378 e. The molecule has 0 saturated carbocycles. The van der Waals surface area contributed by atoms with Crippen LogP contribution in [0.4, 0.5) is 5.69 Å². The Morgan fingerprint density at radius 1 is 1.20 bits per heavy atom.